The minimum Gasteiger partial charge on any atom is -0.212 e. The van der Waals surface area contributed by atoms with Crippen molar-refractivity contribution >= 4 is 20.0 Å². The van der Waals surface area contributed by atoms with Gasteiger partial charge in [-0.1, -0.05) is 36.4 Å². The smallest absolute Gasteiger partial charge is 0.212 e. The van der Waals surface area contributed by atoms with Gasteiger partial charge >= 0.3 is 0 Å². The van der Waals surface area contributed by atoms with Crippen LogP contribution in [0.25, 0.3) is 0 Å². The lowest BCUT2D eigenvalue weighted by molar-refractivity contribution is 0.569. The number of sulfonamides is 2. The van der Waals surface area contributed by atoms with Gasteiger partial charge in [0.2, 0.25) is 20.0 Å². The third-order valence-electron chi connectivity index (χ3n) is 3.89. The van der Waals surface area contributed by atoms with Gasteiger partial charge < -0.3 is 0 Å². The molecule has 0 aliphatic rings. The average Bonchev–Trinajstić information content (AvgIpc) is 2.55. The average molecular weight is 411 g/mol. The van der Waals surface area contributed by atoms with E-state index in [1.165, 1.54) is 0 Å². The molecule has 0 aliphatic carbocycles. The van der Waals surface area contributed by atoms with E-state index in [4.69, 9.17) is 0 Å². The lowest BCUT2D eigenvalue weighted by Crippen LogP contribution is -2.31. The first-order valence-electron chi connectivity index (χ1n) is 8.63. The molecular formula is C19H26N2O4S2. The molecule has 0 atom stereocenters. The molecule has 0 heterocycles. The van der Waals surface area contributed by atoms with E-state index >= 15 is 0 Å². The third kappa shape index (κ3) is 6.42. The number of benzene rings is 2. The Hall–Kier alpha value is -1.74. The van der Waals surface area contributed by atoms with E-state index in [0.717, 1.165) is 11.1 Å². The van der Waals surface area contributed by atoms with Gasteiger partial charge in [-0.15, -0.1) is 0 Å². The van der Waals surface area contributed by atoms with Crippen molar-refractivity contribution in [1.29, 1.82) is 0 Å². The summed E-state index contributed by atoms with van der Waals surface area (Å²) in [5, 5.41) is 0. The molecule has 0 amide bonds. The van der Waals surface area contributed by atoms with Crippen LogP contribution in [0.4, 0.5) is 0 Å². The third-order valence-corrected chi connectivity index (χ3v) is 6.98. The van der Waals surface area contributed by atoms with E-state index < -0.39 is 20.0 Å². The fourth-order valence-corrected chi connectivity index (χ4v) is 5.40. The van der Waals surface area contributed by atoms with Crippen LogP contribution in [0.5, 0.6) is 0 Å². The second-order valence-corrected chi connectivity index (χ2v) is 10.4. The highest BCUT2D eigenvalue weighted by Gasteiger charge is 2.17. The summed E-state index contributed by atoms with van der Waals surface area (Å²) >= 11 is 0. The summed E-state index contributed by atoms with van der Waals surface area (Å²) in [6.07, 6.45) is 0. The number of nitrogens with one attached hydrogen (secondary N) is 2. The Labute approximate surface area is 162 Å². The highest BCUT2D eigenvalue weighted by atomic mass is 32.2. The van der Waals surface area contributed by atoms with Gasteiger partial charge in [-0.3, -0.25) is 0 Å². The first kappa shape index (κ1) is 21.6. The van der Waals surface area contributed by atoms with Crippen molar-refractivity contribution in [3.05, 3.63) is 64.7 Å². The molecule has 0 aromatic heterocycles. The zero-order chi connectivity index (χ0) is 20.2. The largest absolute Gasteiger partial charge is 0.241 e. The molecule has 0 radical (unpaired) electrons. The summed E-state index contributed by atoms with van der Waals surface area (Å²) < 4.78 is 54.1. The molecule has 0 saturated carbocycles. The molecule has 0 spiro atoms. The van der Waals surface area contributed by atoms with Crippen LogP contribution in [0.1, 0.15) is 36.1 Å². The van der Waals surface area contributed by atoms with E-state index in [1.807, 2.05) is 13.0 Å². The SMILES string of the molecule is Cc1ccc(C)c(S(=O)(=O)NCc2ccc(CS(=O)(=O)NC(C)C)cc2)c1. The minimum atomic E-state index is -3.62. The summed E-state index contributed by atoms with van der Waals surface area (Å²) in [6.45, 7) is 7.27. The molecule has 27 heavy (non-hydrogen) atoms. The normalized spacial score (nSPS) is 12.5. The fourth-order valence-electron chi connectivity index (χ4n) is 2.63. The van der Waals surface area contributed by atoms with Crippen LogP contribution in [-0.2, 0) is 32.3 Å². The van der Waals surface area contributed by atoms with Crippen molar-refractivity contribution in [2.45, 2.75) is 50.9 Å². The Morgan fingerprint density at radius 1 is 0.889 bits per heavy atom. The molecule has 148 valence electrons. The maximum Gasteiger partial charge on any atom is 0.241 e. The molecule has 6 nitrogen and oxygen atoms in total. The van der Waals surface area contributed by atoms with Gasteiger partial charge in [-0.25, -0.2) is 26.3 Å². The van der Waals surface area contributed by atoms with Crippen molar-refractivity contribution in [3.63, 3.8) is 0 Å². The monoisotopic (exact) mass is 410 g/mol. The van der Waals surface area contributed by atoms with Crippen LogP contribution in [-0.4, -0.2) is 22.9 Å². The van der Waals surface area contributed by atoms with Crippen LogP contribution < -0.4 is 9.44 Å². The number of aryl methyl sites for hydroxylation is 2. The van der Waals surface area contributed by atoms with Crippen LogP contribution in [0.2, 0.25) is 0 Å². The van der Waals surface area contributed by atoms with Gasteiger partial charge in [-0.05, 0) is 56.0 Å². The summed E-state index contributed by atoms with van der Waals surface area (Å²) in [4.78, 5) is 0.268. The summed E-state index contributed by atoms with van der Waals surface area (Å²) in [5.41, 5.74) is 2.96. The predicted molar refractivity (Wildman–Crippen MR) is 107 cm³/mol. The van der Waals surface area contributed by atoms with E-state index in [0.29, 0.717) is 11.1 Å². The van der Waals surface area contributed by atoms with Gasteiger partial charge in [0.25, 0.3) is 0 Å². The molecule has 2 N–H and O–H groups in total. The molecule has 0 unspecified atom stereocenters. The van der Waals surface area contributed by atoms with Gasteiger partial charge in [0.15, 0.2) is 0 Å². The standard InChI is InChI=1S/C19H26N2O4S2/c1-14(2)21-26(22,23)13-18-9-7-17(8-10-18)12-20-27(24,25)19-11-15(3)5-6-16(19)4/h5-11,14,20-21H,12-13H2,1-4H3. The Bertz CT molecular complexity index is 997. The van der Waals surface area contributed by atoms with Crippen LogP contribution >= 0.6 is 0 Å². The Morgan fingerprint density at radius 3 is 2.07 bits per heavy atom. The Morgan fingerprint density at radius 2 is 1.48 bits per heavy atom. The zero-order valence-electron chi connectivity index (χ0n) is 16.0. The highest BCUT2D eigenvalue weighted by molar-refractivity contribution is 7.89. The second-order valence-electron chi connectivity index (χ2n) is 6.94. The van der Waals surface area contributed by atoms with E-state index in [-0.39, 0.29) is 23.2 Å². The van der Waals surface area contributed by atoms with Gasteiger partial charge in [0, 0.05) is 12.6 Å². The molecular weight excluding hydrogens is 384 g/mol. The number of hydrogen-bond donors (Lipinski definition) is 2. The molecule has 2 aromatic rings. The zero-order valence-corrected chi connectivity index (χ0v) is 17.6. The van der Waals surface area contributed by atoms with Gasteiger partial charge in [0.05, 0.1) is 10.6 Å². The van der Waals surface area contributed by atoms with Crippen molar-refractivity contribution < 1.29 is 16.8 Å². The molecule has 0 fully saturated rings. The quantitative estimate of drug-likeness (QED) is 0.700. The second kappa shape index (κ2) is 8.52. The minimum absolute atomic E-state index is 0.111. The van der Waals surface area contributed by atoms with Crippen LogP contribution in [0.3, 0.4) is 0 Å². The number of hydrogen-bond acceptors (Lipinski definition) is 4. The van der Waals surface area contributed by atoms with Crippen molar-refractivity contribution in [2.24, 2.45) is 0 Å². The van der Waals surface area contributed by atoms with E-state index in [2.05, 4.69) is 9.44 Å². The van der Waals surface area contributed by atoms with Crippen molar-refractivity contribution in [3.8, 4) is 0 Å². The molecule has 8 heteroatoms. The lowest BCUT2D eigenvalue weighted by atomic mass is 10.1. The predicted octanol–water partition coefficient (Wildman–Crippen LogP) is 2.61. The van der Waals surface area contributed by atoms with Crippen molar-refractivity contribution in [1.82, 2.24) is 9.44 Å². The first-order valence-corrected chi connectivity index (χ1v) is 11.8. The first-order chi connectivity index (χ1) is 12.5. The van der Waals surface area contributed by atoms with Crippen molar-refractivity contribution in [2.75, 3.05) is 0 Å². The molecule has 0 saturated heterocycles. The molecule has 0 aliphatic heterocycles. The molecule has 0 bridgehead atoms. The highest BCUT2D eigenvalue weighted by Crippen LogP contribution is 2.17. The van der Waals surface area contributed by atoms with Crippen LogP contribution in [0.15, 0.2) is 47.4 Å². The Balaban J connectivity index is 2.05. The number of rotatable bonds is 8. The van der Waals surface area contributed by atoms with E-state index in [1.54, 1.807) is 57.2 Å². The molecule has 2 rings (SSSR count). The summed E-state index contributed by atoms with van der Waals surface area (Å²) in [7, 11) is -7.01. The van der Waals surface area contributed by atoms with Gasteiger partial charge in [0.1, 0.15) is 0 Å². The maximum atomic E-state index is 12.5. The van der Waals surface area contributed by atoms with Gasteiger partial charge in [-0.2, -0.15) is 0 Å². The van der Waals surface area contributed by atoms with E-state index in [9.17, 15) is 16.8 Å². The molecule has 2 aromatic carbocycles. The topological polar surface area (TPSA) is 92.3 Å². The fraction of sp³-hybridized carbons (Fsp3) is 0.368. The van der Waals surface area contributed by atoms with Crippen LogP contribution in [0, 0.1) is 13.8 Å². The summed E-state index contributed by atoms with van der Waals surface area (Å²) in [5.74, 6) is -0.111. The Kier molecular flexibility index (Phi) is 6.80. The maximum absolute atomic E-state index is 12.5. The lowest BCUT2D eigenvalue weighted by Gasteiger charge is -2.11. The summed E-state index contributed by atoms with van der Waals surface area (Å²) in [6, 6.07) is 12.0.